The molecule has 1 heterocycles. The quantitative estimate of drug-likeness (QED) is 0.433. The third-order valence-corrected chi connectivity index (χ3v) is 5.91. The monoisotopic (exact) mass is 467 g/mol. The average molecular weight is 468 g/mol. The van der Waals surface area contributed by atoms with Crippen LogP contribution in [0.4, 0.5) is 11.4 Å². The lowest BCUT2D eigenvalue weighted by atomic mass is 10.0. The second kappa shape index (κ2) is 11.5. The SMILES string of the molecule is CCOc1ccc(NC(=O)Cc2nnc(SCC(=O)Nc3ccc(C(C)C)cc3)n2C)cc1. The molecule has 2 amide bonds. The van der Waals surface area contributed by atoms with Crippen molar-refractivity contribution in [2.45, 2.75) is 38.3 Å². The second-order valence-corrected chi connectivity index (χ2v) is 8.70. The third kappa shape index (κ3) is 7.08. The van der Waals surface area contributed by atoms with Crippen LogP contribution in [0.15, 0.2) is 53.7 Å². The van der Waals surface area contributed by atoms with Crippen molar-refractivity contribution < 1.29 is 14.3 Å². The predicted molar refractivity (Wildman–Crippen MR) is 131 cm³/mol. The van der Waals surface area contributed by atoms with Gasteiger partial charge < -0.3 is 19.9 Å². The van der Waals surface area contributed by atoms with Crippen molar-refractivity contribution in [3.05, 3.63) is 59.9 Å². The van der Waals surface area contributed by atoms with Crippen molar-refractivity contribution in [3.63, 3.8) is 0 Å². The summed E-state index contributed by atoms with van der Waals surface area (Å²) in [6.07, 6.45) is 0.0751. The fraction of sp³-hybridized carbons (Fsp3) is 0.333. The van der Waals surface area contributed by atoms with Crippen molar-refractivity contribution >= 4 is 35.0 Å². The number of aromatic nitrogens is 3. The van der Waals surface area contributed by atoms with E-state index in [1.54, 1.807) is 35.9 Å². The molecular formula is C24H29N5O3S. The maximum atomic E-state index is 12.4. The smallest absolute Gasteiger partial charge is 0.234 e. The van der Waals surface area contributed by atoms with Gasteiger partial charge in [-0.1, -0.05) is 37.7 Å². The molecule has 0 saturated heterocycles. The Morgan fingerprint density at radius 1 is 0.970 bits per heavy atom. The summed E-state index contributed by atoms with van der Waals surface area (Å²) in [6.45, 7) is 6.76. The molecule has 0 fully saturated rings. The summed E-state index contributed by atoms with van der Waals surface area (Å²) in [7, 11) is 1.78. The number of amides is 2. The topological polar surface area (TPSA) is 98.1 Å². The summed E-state index contributed by atoms with van der Waals surface area (Å²) in [5, 5.41) is 14.5. The molecule has 0 aliphatic heterocycles. The number of thioether (sulfide) groups is 1. The zero-order chi connectivity index (χ0) is 23.8. The molecule has 3 rings (SSSR count). The fourth-order valence-corrected chi connectivity index (χ4v) is 3.78. The predicted octanol–water partition coefficient (Wildman–Crippen LogP) is 4.25. The Kier molecular flexibility index (Phi) is 8.48. The molecule has 1 aromatic heterocycles. The van der Waals surface area contributed by atoms with Crippen molar-refractivity contribution in [2.24, 2.45) is 7.05 Å². The summed E-state index contributed by atoms with van der Waals surface area (Å²) in [4.78, 5) is 24.7. The van der Waals surface area contributed by atoms with Gasteiger partial charge in [0.05, 0.1) is 18.8 Å². The molecule has 0 aliphatic carbocycles. The van der Waals surface area contributed by atoms with Crippen LogP contribution < -0.4 is 15.4 Å². The Morgan fingerprint density at radius 3 is 2.18 bits per heavy atom. The number of hydrogen-bond donors (Lipinski definition) is 2. The molecule has 0 unspecified atom stereocenters. The van der Waals surface area contributed by atoms with Crippen molar-refractivity contribution in [1.82, 2.24) is 14.8 Å². The minimum absolute atomic E-state index is 0.0751. The van der Waals surface area contributed by atoms with Gasteiger partial charge in [0.1, 0.15) is 11.6 Å². The lowest BCUT2D eigenvalue weighted by molar-refractivity contribution is -0.116. The van der Waals surface area contributed by atoms with E-state index in [0.717, 1.165) is 11.4 Å². The van der Waals surface area contributed by atoms with Gasteiger partial charge in [0, 0.05) is 18.4 Å². The Morgan fingerprint density at radius 2 is 1.58 bits per heavy atom. The van der Waals surface area contributed by atoms with E-state index in [-0.39, 0.29) is 24.0 Å². The van der Waals surface area contributed by atoms with Crippen LogP contribution in [0.1, 0.15) is 38.1 Å². The molecule has 8 nitrogen and oxygen atoms in total. The summed E-state index contributed by atoms with van der Waals surface area (Å²) in [5.74, 6) is 1.58. The molecule has 2 aromatic carbocycles. The van der Waals surface area contributed by atoms with E-state index in [1.165, 1.54) is 17.3 Å². The highest BCUT2D eigenvalue weighted by atomic mass is 32.2. The summed E-state index contributed by atoms with van der Waals surface area (Å²) >= 11 is 1.27. The van der Waals surface area contributed by atoms with Crippen molar-refractivity contribution in [1.29, 1.82) is 0 Å². The molecule has 9 heteroatoms. The third-order valence-electron chi connectivity index (χ3n) is 4.89. The van der Waals surface area contributed by atoms with Crippen LogP contribution in [0.5, 0.6) is 5.75 Å². The molecule has 33 heavy (non-hydrogen) atoms. The van der Waals surface area contributed by atoms with Gasteiger partial charge in [0.25, 0.3) is 0 Å². The second-order valence-electron chi connectivity index (χ2n) is 7.75. The normalized spacial score (nSPS) is 10.8. The molecule has 0 spiro atoms. The highest BCUT2D eigenvalue weighted by molar-refractivity contribution is 7.99. The minimum Gasteiger partial charge on any atom is -0.494 e. The molecule has 174 valence electrons. The molecule has 0 saturated carbocycles. The average Bonchev–Trinajstić information content (AvgIpc) is 3.13. The van der Waals surface area contributed by atoms with Crippen LogP contribution in [0, 0.1) is 0 Å². The molecule has 0 radical (unpaired) electrons. The maximum Gasteiger partial charge on any atom is 0.234 e. The number of anilines is 2. The van der Waals surface area contributed by atoms with Crippen LogP contribution in [0.2, 0.25) is 0 Å². The van der Waals surface area contributed by atoms with E-state index in [0.29, 0.717) is 29.2 Å². The zero-order valence-corrected chi connectivity index (χ0v) is 20.1. The zero-order valence-electron chi connectivity index (χ0n) is 19.3. The van der Waals surface area contributed by atoms with Crippen LogP contribution in [-0.2, 0) is 23.1 Å². The van der Waals surface area contributed by atoms with E-state index in [2.05, 4.69) is 34.7 Å². The molecule has 3 aromatic rings. The first-order valence-electron chi connectivity index (χ1n) is 10.8. The lowest BCUT2D eigenvalue weighted by Gasteiger charge is -2.09. The molecule has 0 atom stereocenters. The molecule has 0 bridgehead atoms. The first kappa shape index (κ1) is 24.3. The van der Waals surface area contributed by atoms with Gasteiger partial charge in [-0.2, -0.15) is 0 Å². The van der Waals surface area contributed by atoms with Crippen LogP contribution in [-0.4, -0.2) is 38.9 Å². The number of benzene rings is 2. The Balaban J connectivity index is 1.49. The number of nitrogens with one attached hydrogen (secondary N) is 2. The van der Waals surface area contributed by atoms with E-state index in [9.17, 15) is 9.59 Å². The number of carbonyl (C=O) groups excluding carboxylic acids is 2. The fourth-order valence-electron chi connectivity index (χ4n) is 3.05. The van der Waals surface area contributed by atoms with Gasteiger partial charge >= 0.3 is 0 Å². The molecule has 0 aliphatic rings. The highest BCUT2D eigenvalue weighted by Crippen LogP contribution is 2.20. The van der Waals surface area contributed by atoms with Crippen LogP contribution in [0.25, 0.3) is 0 Å². The van der Waals surface area contributed by atoms with Gasteiger partial charge in [-0.05, 0) is 54.8 Å². The van der Waals surface area contributed by atoms with Gasteiger partial charge in [0.15, 0.2) is 5.16 Å². The summed E-state index contributed by atoms with van der Waals surface area (Å²) in [6, 6.07) is 15.0. The highest BCUT2D eigenvalue weighted by Gasteiger charge is 2.15. The van der Waals surface area contributed by atoms with E-state index in [4.69, 9.17) is 4.74 Å². The van der Waals surface area contributed by atoms with Crippen molar-refractivity contribution in [2.75, 3.05) is 23.0 Å². The van der Waals surface area contributed by atoms with E-state index >= 15 is 0 Å². The van der Waals surface area contributed by atoms with Gasteiger partial charge in [0.2, 0.25) is 11.8 Å². The van der Waals surface area contributed by atoms with Gasteiger partial charge in [-0.3, -0.25) is 9.59 Å². The van der Waals surface area contributed by atoms with Gasteiger partial charge in [-0.25, -0.2) is 0 Å². The van der Waals surface area contributed by atoms with E-state index < -0.39 is 0 Å². The Labute approximate surface area is 198 Å². The Hall–Kier alpha value is -3.33. The first-order valence-corrected chi connectivity index (χ1v) is 11.8. The number of carbonyl (C=O) groups is 2. The molecular weight excluding hydrogens is 438 g/mol. The summed E-state index contributed by atoms with van der Waals surface area (Å²) < 4.78 is 7.13. The number of rotatable bonds is 10. The van der Waals surface area contributed by atoms with E-state index in [1.807, 2.05) is 31.2 Å². The maximum absolute atomic E-state index is 12.4. The van der Waals surface area contributed by atoms with Crippen molar-refractivity contribution in [3.8, 4) is 5.75 Å². The van der Waals surface area contributed by atoms with Crippen LogP contribution in [0.3, 0.4) is 0 Å². The van der Waals surface area contributed by atoms with Gasteiger partial charge in [-0.15, -0.1) is 10.2 Å². The summed E-state index contributed by atoms with van der Waals surface area (Å²) in [5.41, 5.74) is 2.66. The molecule has 2 N–H and O–H groups in total. The number of ether oxygens (including phenoxy) is 1. The number of nitrogens with zero attached hydrogens (tertiary/aromatic N) is 3. The standard InChI is InChI=1S/C24H29N5O3S/c1-5-32-20-12-10-19(11-13-20)25-22(30)14-21-27-28-24(29(21)4)33-15-23(31)26-18-8-6-17(7-9-18)16(2)3/h6-13,16H,5,14-15H2,1-4H3,(H,25,30)(H,26,31). The Bertz CT molecular complexity index is 1080. The largest absolute Gasteiger partial charge is 0.494 e. The number of hydrogen-bond acceptors (Lipinski definition) is 6. The lowest BCUT2D eigenvalue weighted by Crippen LogP contribution is -2.17. The van der Waals surface area contributed by atoms with Crippen LogP contribution >= 0.6 is 11.8 Å². The minimum atomic E-state index is -0.200. The first-order chi connectivity index (χ1) is 15.9.